The van der Waals surface area contributed by atoms with Gasteiger partial charge in [-0.15, -0.1) is 0 Å². The molecule has 0 aliphatic heterocycles. The fraction of sp³-hybridized carbons (Fsp3) is 0.500. The Labute approximate surface area is 134 Å². The van der Waals surface area contributed by atoms with Crippen molar-refractivity contribution in [3.8, 4) is 11.3 Å². The van der Waals surface area contributed by atoms with Crippen LogP contribution in [-0.4, -0.2) is 29.4 Å². The standard InChI is InChI=1S/C16H22N6O/c1-10(2)5-6-21-8-12(7-18-21)14-13(11(3)4)15(23)22-16(20-14)17-9-19-22/h7-11H,5-6H2,1-4H3,(H,17,19,20). The van der Waals surface area contributed by atoms with Crippen LogP contribution in [0.25, 0.3) is 17.0 Å². The molecular weight excluding hydrogens is 292 g/mol. The second kappa shape index (κ2) is 5.98. The third-order valence-electron chi connectivity index (χ3n) is 3.89. The molecule has 122 valence electrons. The number of aryl methyl sites for hydroxylation is 1. The number of fused-ring (bicyclic) bond motifs is 1. The summed E-state index contributed by atoms with van der Waals surface area (Å²) in [5.41, 5.74) is 2.11. The molecule has 0 spiro atoms. The van der Waals surface area contributed by atoms with Crippen LogP contribution in [0, 0.1) is 5.92 Å². The summed E-state index contributed by atoms with van der Waals surface area (Å²) in [5, 5.41) is 7.21. The van der Waals surface area contributed by atoms with Gasteiger partial charge in [-0.3, -0.25) is 14.6 Å². The number of nitrogens with zero attached hydrogens (tertiary/aromatic N) is 5. The highest BCUT2D eigenvalue weighted by molar-refractivity contribution is 5.63. The number of rotatable bonds is 5. The van der Waals surface area contributed by atoms with Gasteiger partial charge in [-0.2, -0.15) is 9.61 Å². The smallest absolute Gasteiger partial charge is 0.278 e. The predicted octanol–water partition coefficient (Wildman–Crippen LogP) is 2.45. The van der Waals surface area contributed by atoms with Crippen molar-refractivity contribution in [3.63, 3.8) is 0 Å². The Balaban J connectivity index is 2.08. The van der Waals surface area contributed by atoms with Crippen molar-refractivity contribution >= 4 is 5.78 Å². The molecule has 0 fully saturated rings. The molecule has 0 unspecified atom stereocenters. The van der Waals surface area contributed by atoms with Gasteiger partial charge in [0.25, 0.3) is 11.3 Å². The second-order valence-corrected chi connectivity index (χ2v) is 6.53. The van der Waals surface area contributed by atoms with Crippen LogP contribution in [0.15, 0.2) is 23.5 Å². The summed E-state index contributed by atoms with van der Waals surface area (Å²) in [4.78, 5) is 21.3. The van der Waals surface area contributed by atoms with E-state index in [2.05, 4.69) is 34.0 Å². The highest BCUT2D eigenvalue weighted by Crippen LogP contribution is 2.24. The first-order chi connectivity index (χ1) is 11.0. The van der Waals surface area contributed by atoms with Gasteiger partial charge in [-0.1, -0.05) is 27.7 Å². The maximum atomic E-state index is 12.7. The monoisotopic (exact) mass is 314 g/mol. The lowest BCUT2D eigenvalue weighted by molar-refractivity contribution is 0.487. The van der Waals surface area contributed by atoms with Gasteiger partial charge in [0.2, 0.25) is 0 Å². The lowest BCUT2D eigenvalue weighted by atomic mass is 10.00. The molecule has 0 saturated carbocycles. The molecule has 0 radical (unpaired) electrons. The number of nitrogens with one attached hydrogen (secondary N) is 1. The molecule has 0 atom stereocenters. The van der Waals surface area contributed by atoms with E-state index in [0.29, 0.717) is 23.0 Å². The fourth-order valence-electron chi connectivity index (χ4n) is 2.61. The van der Waals surface area contributed by atoms with E-state index in [1.54, 1.807) is 6.20 Å². The van der Waals surface area contributed by atoms with Crippen molar-refractivity contribution in [2.75, 3.05) is 0 Å². The lowest BCUT2D eigenvalue weighted by Crippen LogP contribution is -2.22. The molecular formula is C16H22N6O. The zero-order valence-electron chi connectivity index (χ0n) is 13.9. The Morgan fingerprint density at radius 3 is 2.74 bits per heavy atom. The van der Waals surface area contributed by atoms with Crippen molar-refractivity contribution < 1.29 is 0 Å². The maximum Gasteiger partial charge on any atom is 0.278 e. The first-order valence-electron chi connectivity index (χ1n) is 7.96. The molecule has 0 aliphatic carbocycles. The minimum Gasteiger partial charge on any atom is -0.278 e. The SMILES string of the molecule is CC(C)CCn1cc(-c2nc3nc[nH]n3c(=O)c2C(C)C)cn1. The summed E-state index contributed by atoms with van der Waals surface area (Å²) >= 11 is 0. The molecule has 0 amide bonds. The molecule has 0 bridgehead atoms. The molecule has 3 heterocycles. The molecule has 0 aromatic carbocycles. The minimum absolute atomic E-state index is 0.0595. The molecule has 3 rings (SSSR count). The summed E-state index contributed by atoms with van der Waals surface area (Å²) in [6.07, 6.45) is 6.27. The van der Waals surface area contributed by atoms with E-state index >= 15 is 0 Å². The molecule has 23 heavy (non-hydrogen) atoms. The normalized spacial score (nSPS) is 11.9. The van der Waals surface area contributed by atoms with E-state index in [1.165, 1.54) is 10.8 Å². The van der Waals surface area contributed by atoms with Gasteiger partial charge in [0.15, 0.2) is 0 Å². The summed E-state index contributed by atoms with van der Waals surface area (Å²) in [5.74, 6) is 1.06. The van der Waals surface area contributed by atoms with Crippen molar-refractivity contribution in [2.24, 2.45) is 5.92 Å². The van der Waals surface area contributed by atoms with E-state index < -0.39 is 0 Å². The van der Waals surface area contributed by atoms with Crippen LogP contribution in [0.4, 0.5) is 0 Å². The molecule has 1 N–H and O–H groups in total. The Morgan fingerprint density at radius 1 is 1.26 bits per heavy atom. The number of hydrogen-bond donors (Lipinski definition) is 1. The third kappa shape index (κ3) is 2.91. The van der Waals surface area contributed by atoms with E-state index in [4.69, 9.17) is 0 Å². The van der Waals surface area contributed by atoms with Crippen LogP contribution in [-0.2, 0) is 6.54 Å². The Kier molecular flexibility index (Phi) is 4.02. The Hall–Kier alpha value is -2.44. The topological polar surface area (TPSA) is 80.9 Å². The zero-order valence-corrected chi connectivity index (χ0v) is 13.9. The number of H-pyrrole nitrogens is 1. The third-order valence-corrected chi connectivity index (χ3v) is 3.89. The molecule has 3 aromatic rings. The van der Waals surface area contributed by atoms with Gasteiger partial charge in [-0.25, -0.2) is 9.97 Å². The van der Waals surface area contributed by atoms with E-state index in [-0.39, 0.29) is 11.5 Å². The van der Waals surface area contributed by atoms with Gasteiger partial charge in [0.05, 0.1) is 11.9 Å². The van der Waals surface area contributed by atoms with Crippen molar-refractivity contribution in [1.82, 2.24) is 29.4 Å². The van der Waals surface area contributed by atoms with Gasteiger partial charge in [0.1, 0.15) is 6.33 Å². The summed E-state index contributed by atoms with van der Waals surface area (Å²) in [7, 11) is 0. The van der Waals surface area contributed by atoms with Crippen LogP contribution in [0.3, 0.4) is 0 Å². The van der Waals surface area contributed by atoms with E-state index in [0.717, 1.165) is 18.5 Å². The summed E-state index contributed by atoms with van der Waals surface area (Å²) < 4.78 is 3.29. The minimum atomic E-state index is -0.104. The van der Waals surface area contributed by atoms with Crippen LogP contribution >= 0.6 is 0 Å². The molecule has 7 nitrogen and oxygen atoms in total. The van der Waals surface area contributed by atoms with Gasteiger partial charge >= 0.3 is 0 Å². The lowest BCUT2D eigenvalue weighted by Gasteiger charge is -2.09. The van der Waals surface area contributed by atoms with Gasteiger partial charge in [0, 0.05) is 23.9 Å². The van der Waals surface area contributed by atoms with Crippen molar-refractivity contribution in [3.05, 3.63) is 34.6 Å². The number of hydrogen-bond acceptors (Lipinski definition) is 4. The first kappa shape index (κ1) is 15.5. The summed E-state index contributed by atoms with van der Waals surface area (Å²) in [6.45, 7) is 9.23. The van der Waals surface area contributed by atoms with E-state index in [1.807, 2.05) is 24.7 Å². The number of aromatic nitrogens is 6. The highest BCUT2D eigenvalue weighted by atomic mass is 16.1. The number of aromatic amines is 1. The second-order valence-electron chi connectivity index (χ2n) is 6.53. The van der Waals surface area contributed by atoms with Crippen LogP contribution in [0.5, 0.6) is 0 Å². The quantitative estimate of drug-likeness (QED) is 0.784. The van der Waals surface area contributed by atoms with Crippen molar-refractivity contribution in [1.29, 1.82) is 0 Å². The Bertz CT molecular complexity index is 870. The fourth-order valence-corrected chi connectivity index (χ4v) is 2.61. The zero-order chi connectivity index (χ0) is 16.6. The molecule has 7 heteroatoms. The van der Waals surface area contributed by atoms with Crippen LogP contribution in [0.2, 0.25) is 0 Å². The average molecular weight is 314 g/mol. The highest BCUT2D eigenvalue weighted by Gasteiger charge is 2.19. The largest absolute Gasteiger partial charge is 0.278 e. The van der Waals surface area contributed by atoms with Crippen LogP contribution in [0.1, 0.15) is 45.6 Å². The first-order valence-corrected chi connectivity index (χ1v) is 7.96. The predicted molar refractivity (Wildman–Crippen MR) is 88.4 cm³/mol. The maximum absolute atomic E-state index is 12.7. The average Bonchev–Trinajstić information content (AvgIpc) is 3.13. The molecule has 3 aromatic heterocycles. The molecule has 0 aliphatic rings. The van der Waals surface area contributed by atoms with Gasteiger partial charge in [-0.05, 0) is 18.3 Å². The molecule has 0 saturated heterocycles. The van der Waals surface area contributed by atoms with E-state index in [9.17, 15) is 4.79 Å². The summed E-state index contributed by atoms with van der Waals surface area (Å²) in [6, 6.07) is 0. The van der Waals surface area contributed by atoms with Crippen LogP contribution < -0.4 is 5.56 Å². The van der Waals surface area contributed by atoms with Gasteiger partial charge < -0.3 is 0 Å². The Morgan fingerprint density at radius 2 is 2.04 bits per heavy atom. The van der Waals surface area contributed by atoms with Crippen molar-refractivity contribution in [2.45, 2.75) is 46.6 Å².